The van der Waals surface area contributed by atoms with E-state index in [1.807, 2.05) is 12.1 Å². The van der Waals surface area contributed by atoms with Gasteiger partial charge in [0.25, 0.3) is 0 Å². The second kappa shape index (κ2) is 4.31. The average Bonchev–Trinajstić information content (AvgIpc) is 2.30. The third kappa shape index (κ3) is 2.10. The van der Waals surface area contributed by atoms with E-state index in [9.17, 15) is 0 Å². The minimum absolute atomic E-state index is 0.569. The predicted molar refractivity (Wildman–Crippen MR) is 59.6 cm³/mol. The third-order valence-electron chi connectivity index (χ3n) is 2.97. The number of anilines is 1. The molecule has 0 spiro atoms. The summed E-state index contributed by atoms with van der Waals surface area (Å²) in [5.74, 6) is 1.00. The molecule has 3 nitrogen and oxygen atoms in total. The van der Waals surface area contributed by atoms with E-state index in [1.165, 1.54) is 19.3 Å². The molecule has 0 amide bonds. The second-order valence-corrected chi connectivity index (χ2v) is 4.06. The molecule has 1 aromatic heterocycles. The Bertz CT molecular complexity index is 363. The predicted octanol–water partition coefficient (Wildman–Crippen LogP) is 2.33. The zero-order valence-corrected chi connectivity index (χ0v) is 8.98. The maximum Gasteiger partial charge on any atom is 0.128 e. The van der Waals surface area contributed by atoms with Crippen molar-refractivity contribution >= 4 is 5.82 Å². The molecule has 1 atom stereocenters. The van der Waals surface area contributed by atoms with Gasteiger partial charge in [-0.2, -0.15) is 5.26 Å². The first-order chi connectivity index (χ1) is 7.31. The Morgan fingerprint density at radius 3 is 2.93 bits per heavy atom. The molecule has 3 heteroatoms. The molecule has 0 aromatic carbocycles. The van der Waals surface area contributed by atoms with E-state index in [0.29, 0.717) is 11.6 Å². The minimum atomic E-state index is 0.569. The number of aromatic nitrogens is 1. The van der Waals surface area contributed by atoms with Gasteiger partial charge in [0.1, 0.15) is 11.9 Å². The summed E-state index contributed by atoms with van der Waals surface area (Å²) in [4.78, 5) is 6.65. The fourth-order valence-electron chi connectivity index (χ4n) is 2.06. The van der Waals surface area contributed by atoms with Crippen LogP contribution in [0.5, 0.6) is 0 Å². The number of nitrogens with zero attached hydrogens (tertiary/aromatic N) is 3. The first kappa shape index (κ1) is 9.97. The van der Waals surface area contributed by atoms with E-state index in [0.717, 1.165) is 12.4 Å². The summed E-state index contributed by atoms with van der Waals surface area (Å²) in [6.45, 7) is 3.32. The van der Waals surface area contributed by atoms with Crippen LogP contribution in [0, 0.1) is 11.3 Å². The summed E-state index contributed by atoms with van der Waals surface area (Å²) in [6, 6.07) is 6.44. The molecule has 0 N–H and O–H groups in total. The molecule has 0 aliphatic carbocycles. The van der Waals surface area contributed by atoms with Gasteiger partial charge >= 0.3 is 0 Å². The van der Waals surface area contributed by atoms with Crippen LogP contribution in [0.25, 0.3) is 0 Å². The van der Waals surface area contributed by atoms with E-state index >= 15 is 0 Å². The summed E-state index contributed by atoms with van der Waals surface area (Å²) in [5.41, 5.74) is 0.628. The maximum atomic E-state index is 8.69. The van der Waals surface area contributed by atoms with Crippen molar-refractivity contribution in [3.05, 3.63) is 23.9 Å². The lowest BCUT2D eigenvalue weighted by molar-refractivity contribution is 0.481. The van der Waals surface area contributed by atoms with Gasteiger partial charge in [0.2, 0.25) is 0 Å². The van der Waals surface area contributed by atoms with Gasteiger partial charge in [0.15, 0.2) is 0 Å². The van der Waals surface area contributed by atoms with Crippen LogP contribution in [0.2, 0.25) is 0 Å². The van der Waals surface area contributed by atoms with Gasteiger partial charge in [-0.3, -0.25) is 0 Å². The molecule has 78 valence electrons. The van der Waals surface area contributed by atoms with E-state index in [-0.39, 0.29) is 0 Å². The summed E-state index contributed by atoms with van der Waals surface area (Å²) in [5, 5.41) is 8.69. The molecule has 1 saturated heterocycles. The first-order valence-electron chi connectivity index (χ1n) is 5.44. The highest BCUT2D eigenvalue weighted by molar-refractivity contribution is 5.43. The van der Waals surface area contributed by atoms with Crippen LogP contribution in [0.15, 0.2) is 18.3 Å². The average molecular weight is 201 g/mol. The highest BCUT2D eigenvalue weighted by atomic mass is 15.2. The Labute approximate surface area is 90.4 Å². The van der Waals surface area contributed by atoms with Gasteiger partial charge < -0.3 is 4.90 Å². The van der Waals surface area contributed by atoms with Crippen molar-refractivity contribution in [1.29, 1.82) is 5.26 Å². The summed E-state index contributed by atoms with van der Waals surface area (Å²) in [6.07, 6.45) is 5.44. The van der Waals surface area contributed by atoms with Crippen LogP contribution in [-0.2, 0) is 0 Å². The Kier molecular flexibility index (Phi) is 2.86. The van der Waals surface area contributed by atoms with Gasteiger partial charge in [0.05, 0.1) is 5.56 Å². The zero-order valence-electron chi connectivity index (χ0n) is 8.98. The van der Waals surface area contributed by atoms with E-state index < -0.39 is 0 Å². The topological polar surface area (TPSA) is 39.9 Å². The number of rotatable bonds is 1. The van der Waals surface area contributed by atoms with Crippen molar-refractivity contribution < 1.29 is 0 Å². The number of hydrogen-bond donors (Lipinski definition) is 0. The fraction of sp³-hybridized carbons (Fsp3) is 0.500. The summed E-state index contributed by atoms with van der Waals surface area (Å²) < 4.78 is 0. The van der Waals surface area contributed by atoms with Crippen LogP contribution in [0.3, 0.4) is 0 Å². The van der Waals surface area contributed by atoms with Crippen LogP contribution in [0.1, 0.15) is 31.7 Å². The lowest BCUT2D eigenvalue weighted by Crippen LogP contribution is -2.37. The zero-order chi connectivity index (χ0) is 10.7. The van der Waals surface area contributed by atoms with E-state index in [2.05, 4.69) is 22.9 Å². The lowest BCUT2D eigenvalue weighted by Gasteiger charge is -2.34. The normalized spacial score (nSPS) is 21.1. The van der Waals surface area contributed by atoms with Crippen molar-refractivity contribution in [3.8, 4) is 6.07 Å². The molecule has 1 aliphatic rings. The number of pyridine rings is 1. The van der Waals surface area contributed by atoms with Crippen molar-refractivity contribution in [3.63, 3.8) is 0 Å². The van der Waals surface area contributed by atoms with Crippen molar-refractivity contribution in [1.82, 2.24) is 4.98 Å². The number of piperidine rings is 1. The Morgan fingerprint density at radius 1 is 1.47 bits per heavy atom. The van der Waals surface area contributed by atoms with Crippen LogP contribution in [0.4, 0.5) is 5.82 Å². The van der Waals surface area contributed by atoms with Gasteiger partial charge in [-0.1, -0.05) is 0 Å². The Balaban J connectivity index is 2.18. The minimum Gasteiger partial charge on any atom is -0.354 e. The van der Waals surface area contributed by atoms with Gasteiger partial charge in [-0.15, -0.1) is 0 Å². The highest BCUT2D eigenvalue weighted by Crippen LogP contribution is 2.22. The van der Waals surface area contributed by atoms with Gasteiger partial charge in [0, 0.05) is 18.8 Å². The molecular weight excluding hydrogens is 186 g/mol. The molecule has 2 heterocycles. The smallest absolute Gasteiger partial charge is 0.128 e. The van der Waals surface area contributed by atoms with Crippen molar-refractivity contribution in [2.75, 3.05) is 11.4 Å². The number of hydrogen-bond acceptors (Lipinski definition) is 3. The summed E-state index contributed by atoms with van der Waals surface area (Å²) in [7, 11) is 0. The van der Waals surface area contributed by atoms with Gasteiger partial charge in [-0.25, -0.2) is 4.98 Å². The Morgan fingerprint density at radius 2 is 2.33 bits per heavy atom. The molecular formula is C12H15N3. The van der Waals surface area contributed by atoms with Crippen LogP contribution in [-0.4, -0.2) is 17.6 Å². The van der Waals surface area contributed by atoms with Crippen molar-refractivity contribution in [2.24, 2.45) is 0 Å². The molecule has 1 aromatic rings. The Hall–Kier alpha value is -1.56. The lowest BCUT2D eigenvalue weighted by atomic mass is 10.0. The molecule has 0 bridgehead atoms. The van der Waals surface area contributed by atoms with Crippen molar-refractivity contribution in [2.45, 2.75) is 32.2 Å². The standard InChI is InChI=1S/C12H15N3/c1-10-4-2-3-7-15(10)12-6-5-11(8-13)9-14-12/h5-6,9-10H,2-4,7H2,1H3. The molecule has 0 saturated carbocycles. The molecule has 15 heavy (non-hydrogen) atoms. The van der Waals surface area contributed by atoms with Crippen LogP contribution >= 0.6 is 0 Å². The summed E-state index contributed by atoms with van der Waals surface area (Å²) >= 11 is 0. The molecule has 1 unspecified atom stereocenters. The first-order valence-corrected chi connectivity index (χ1v) is 5.44. The molecule has 1 aliphatic heterocycles. The monoisotopic (exact) mass is 201 g/mol. The van der Waals surface area contributed by atoms with E-state index in [4.69, 9.17) is 5.26 Å². The second-order valence-electron chi connectivity index (χ2n) is 4.06. The molecule has 0 radical (unpaired) electrons. The maximum absolute atomic E-state index is 8.69. The fourth-order valence-corrected chi connectivity index (χ4v) is 2.06. The van der Waals surface area contributed by atoms with Gasteiger partial charge in [-0.05, 0) is 38.3 Å². The third-order valence-corrected chi connectivity index (χ3v) is 2.97. The quantitative estimate of drug-likeness (QED) is 0.700. The SMILES string of the molecule is CC1CCCCN1c1ccc(C#N)cn1. The largest absolute Gasteiger partial charge is 0.354 e. The molecule has 2 rings (SSSR count). The number of nitriles is 1. The van der Waals surface area contributed by atoms with E-state index in [1.54, 1.807) is 6.20 Å². The molecule has 1 fully saturated rings. The van der Waals surface area contributed by atoms with Crippen LogP contribution < -0.4 is 4.90 Å². The highest BCUT2D eigenvalue weighted by Gasteiger charge is 2.19.